The van der Waals surface area contributed by atoms with Gasteiger partial charge in [0.25, 0.3) is 5.91 Å². The first kappa shape index (κ1) is 15.4. The molecule has 1 amide bonds. The van der Waals surface area contributed by atoms with E-state index in [-0.39, 0.29) is 5.91 Å². The van der Waals surface area contributed by atoms with Crippen LogP contribution in [0.1, 0.15) is 15.9 Å². The molecule has 4 nitrogen and oxygen atoms in total. The van der Waals surface area contributed by atoms with Crippen LogP contribution in [-0.2, 0) is 6.54 Å². The highest BCUT2D eigenvalue weighted by atomic mass is 79.9. The molecule has 0 aliphatic carbocycles. The Morgan fingerprint density at radius 2 is 2.00 bits per heavy atom. The maximum atomic E-state index is 12.4. The zero-order chi connectivity index (χ0) is 15.4. The van der Waals surface area contributed by atoms with Gasteiger partial charge in [0, 0.05) is 34.9 Å². The van der Waals surface area contributed by atoms with Crippen LogP contribution < -0.4 is 10.5 Å². The molecule has 0 unspecified atom stereocenters. The summed E-state index contributed by atoms with van der Waals surface area (Å²) in [5, 5.41) is 0. The van der Waals surface area contributed by atoms with E-state index in [0.29, 0.717) is 17.8 Å². The Morgan fingerprint density at radius 1 is 1.29 bits per heavy atom. The SMILES string of the molecule is COc1ccccc1CN(C)C(=O)c1ccc(Br)c(N)c1. The minimum Gasteiger partial charge on any atom is -0.496 e. The van der Waals surface area contributed by atoms with Crippen molar-refractivity contribution in [1.29, 1.82) is 0 Å². The number of carbonyl (C=O) groups excluding carboxylic acids is 1. The fourth-order valence-electron chi connectivity index (χ4n) is 2.06. The zero-order valence-corrected chi connectivity index (χ0v) is 13.6. The summed E-state index contributed by atoms with van der Waals surface area (Å²) in [5.41, 5.74) is 7.89. The molecule has 0 aromatic heterocycles. The summed E-state index contributed by atoms with van der Waals surface area (Å²) in [4.78, 5) is 14.1. The predicted octanol–water partition coefficient (Wildman–Crippen LogP) is 3.31. The van der Waals surface area contributed by atoms with Crippen LogP contribution in [0.2, 0.25) is 0 Å². The van der Waals surface area contributed by atoms with Gasteiger partial charge < -0.3 is 15.4 Å². The summed E-state index contributed by atoms with van der Waals surface area (Å²) in [6.45, 7) is 0.471. The lowest BCUT2D eigenvalue weighted by Gasteiger charge is -2.19. The zero-order valence-electron chi connectivity index (χ0n) is 12.0. The fourth-order valence-corrected chi connectivity index (χ4v) is 2.30. The van der Waals surface area contributed by atoms with Crippen LogP contribution in [0.5, 0.6) is 5.75 Å². The van der Waals surface area contributed by atoms with Gasteiger partial charge in [-0.25, -0.2) is 0 Å². The lowest BCUT2D eigenvalue weighted by atomic mass is 10.1. The van der Waals surface area contributed by atoms with Crippen molar-refractivity contribution in [3.8, 4) is 5.75 Å². The highest BCUT2D eigenvalue weighted by molar-refractivity contribution is 9.10. The van der Waals surface area contributed by atoms with Crippen LogP contribution in [0.15, 0.2) is 46.9 Å². The number of nitrogens with zero attached hydrogens (tertiary/aromatic N) is 1. The van der Waals surface area contributed by atoms with Crippen LogP contribution in [-0.4, -0.2) is 25.0 Å². The number of halogens is 1. The van der Waals surface area contributed by atoms with E-state index in [0.717, 1.165) is 15.8 Å². The normalized spacial score (nSPS) is 10.2. The maximum absolute atomic E-state index is 12.4. The Balaban J connectivity index is 2.17. The summed E-state index contributed by atoms with van der Waals surface area (Å²) in [5.74, 6) is 0.688. The number of hydrogen-bond acceptors (Lipinski definition) is 3. The molecule has 5 heteroatoms. The topological polar surface area (TPSA) is 55.6 Å². The van der Waals surface area contributed by atoms with Crippen molar-refractivity contribution < 1.29 is 9.53 Å². The summed E-state index contributed by atoms with van der Waals surface area (Å²) in [6.07, 6.45) is 0. The van der Waals surface area contributed by atoms with E-state index in [1.807, 2.05) is 24.3 Å². The largest absolute Gasteiger partial charge is 0.496 e. The Hall–Kier alpha value is -2.01. The number of benzene rings is 2. The van der Waals surface area contributed by atoms with Crippen LogP contribution in [0.3, 0.4) is 0 Å². The van der Waals surface area contributed by atoms with E-state index in [1.54, 1.807) is 37.3 Å². The van der Waals surface area contributed by atoms with Gasteiger partial charge in [0.1, 0.15) is 5.75 Å². The number of nitrogen functional groups attached to an aromatic ring is 1. The minimum absolute atomic E-state index is 0.0832. The molecule has 0 radical (unpaired) electrons. The third-order valence-electron chi connectivity index (χ3n) is 3.19. The van der Waals surface area contributed by atoms with E-state index < -0.39 is 0 Å². The lowest BCUT2D eigenvalue weighted by Crippen LogP contribution is -2.26. The first-order valence-electron chi connectivity index (χ1n) is 6.45. The standard InChI is InChI=1S/C16H17BrN2O2/c1-19(10-12-5-3-4-6-15(12)21-2)16(20)11-7-8-13(17)14(18)9-11/h3-9H,10,18H2,1-2H3. The molecule has 110 valence electrons. The third kappa shape index (κ3) is 3.55. The van der Waals surface area contributed by atoms with Crippen molar-refractivity contribution in [1.82, 2.24) is 4.90 Å². The fraction of sp³-hybridized carbons (Fsp3) is 0.188. The number of amides is 1. The Bertz CT molecular complexity index is 658. The first-order chi connectivity index (χ1) is 10.0. The molecule has 0 saturated heterocycles. The van der Waals surface area contributed by atoms with Crippen molar-refractivity contribution in [2.75, 3.05) is 19.9 Å². The molecule has 2 rings (SSSR count). The molecule has 0 aliphatic rings. The van der Waals surface area contributed by atoms with Gasteiger partial charge in [0.15, 0.2) is 0 Å². The molecule has 2 aromatic rings. The van der Waals surface area contributed by atoms with Crippen LogP contribution in [0.4, 0.5) is 5.69 Å². The van der Waals surface area contributed by atoms with Crippen molar-refractivity contribution in [3.05, 3.63) is 58.1 Å². The quantitative estimate of drug-likeness (QED) is 0.862. The van der Waals surface area contributed by atoms with E-state index >= 15 is 0 Å². The number of nitrogens with two attached hydrogens (primary N) is 1. The Kier molecular flexibility index (Phi) is 4.85. The lowest BCUT2D eigenvalue weighted by molar-refractivity contribution is 0.0784. The van der Waals surface area contributed by atoms with Gasteiger partial charge in [-0.2, -0.15) is 0 Å². The van der Waals surface area contributed by atoms with Gasteiger partial charge in [-0.05, 0) is 40.2 Å². The second-order valence-electron chi connectivity index (χ2n) is 4.71. The highest BCUT2D eigenvalue weighted by Crippen LogP contribution is 2.22. The number of carbonyl (C=O) groups is 1. The summed E-state index contributed by atoms with van der Waals surface area (Å²) in [6, 6.07) is 12.9. The van der Waals surface area contributed by atoms with Crippen molar-refractivity contribution in [2.45, 2.75) is 6.54 Å². The summed E-state index contributed by atoms with van der Waals surface area (Å²) >= 11 is 3.32. The van der Waals surface area contributed by atoms with Gasteiger partial charge in [0.05, 0.1) is 7.11 Å². The second kappa shape index (κ2) is 6.63. The first-order valence-corrected chi connectivity index (χ1v) is 7.24. The molecule has 0 spiro atoms. The van der Waals surface area contributed by atoms with Gasteiger partial charge >= 0.3 is 0 Å². The molecule has 0 bridgehead atoms. The minimum atomic E-state index is -0.0832. The molecule has 2 N–H and O–H groups in total. The average Bonchev–Trinajstić information content (AvgIpc) is 2.49. The maximum Gasteiger partial charge on any atom is 0.253 e. The third-order valence-corrected chi connectivity index (χ3v) is 3.91. The van der Waals surface area contributed by atoms with E-state index in [1.165, 1.54) is 0 Å². The molecule has 2 aromatic carbocycles. The number of ether oxygens (including phenoxy) is 1. The summed E-state index contributed by atoms with van der Waals surface area (Å²) < 4.78 is 6.09. The number of anilines is 1. The van der Waals surface area contributed by atoms with Crippen molar-refractivity contribution in [2.24, 2.45) is 0 Å². The van der Waals surface area contributed by atoms with Gasteiger partial charge in [-0.3, -0.25) is 4.79 Å². The van der Waals surface area contributed by atoms with E-state index in [4.69, 9.17) is 10.5 Å². The molecular formula is C16H17BrN2O2. The highest BCUT2D eigenvalue weighted by Gasteiger charge is 2.14. The monoisotopic (exact) mass is 348 g/mol. The van der Waals surface area contributed by atoms with Gasteiger partial charge in [-0.15, -0.1) is 0 Å². The molecule has 0 atom stereocenters. The van der Waals surface area contributed by atoms with Crippen LogP contribution in [0.25, 0.3) is 0 Å². The predicted molar refractivity (Wildman–Crippen MR) is 87.3 cm³/mol. The molecule has 0 heterocycles. The summed E-state index contributed by atoms with van der Waals surface area (Å²) in [7, 11) is 3.38. The Morgan fingerprint density at radius 3 is 2.67 bits per heavy atom. The second-order valence-corrected chi connectivity index (χ2v) is 5.56. The number of rotatable bonds is 4. The van der Waals surface area contributed by atoms with Crippen LogP contribution in [0, 0.1) is 0 Å². The molecular weight excluding hydrogens is 332 g/mol. The average molecular weight is 349 g/mol. The van der Waals surface area contributed by atoms with Gasteiger partial charge in [0.2, 0.25) is 0 Å². The Labute approximate surface area is 132 Å². The molecule has 0 saturated carbocycles. The number of hydrogen-bond donors (Lipinski definition) is 1. The molecule has 0 fully saturated rings. The van der Waals surface area contributed by atoms with Crippen LogP contribution >= 0.6 is 15.9 Å². The van der Waals surface area contributed by atoms with Crippen molar-refractivity contribution >= 4 is 27.5 Å². The van der Waals surface area contributed by atoms with E-state index in [9.17, 15) is 4.79 Å². The molecule has 0 aliphatic heterocycles. The smallest absolute Gasteiger partial charge is 0.253 e. The van der Waals surface area contributed by atoms with Crippen molar-refractivity contribution in [3.63, 3.8) is 0 Å². The number of methoxy groups -OCH3 is 1. The molecule has 21 heavy (non-hydrogen) atoms. The number of para-hydroxylation sites is 1. The van der Waals surface area contributed by atoms with E-state index in [2.05, 4.69) is 15.9 Å². The van der Waals surface area contributed by atoms with Gasteiger partial charge in [-0.1, -0.05) is 18.2 Å².